The third-order valence-electron chi connectivity index (χ3n) is 0.832. The Bertz CT molecular complexity index is 71.3. The summed E-state index contributed by atoms with van der Waals surface area (Å²) in [6.07, 6.45) is 1.16. The van der Waals surface area contributed by atoms with Crippen molar-refractivity contribution in [2.24, 2.45) is 0 Å². The van der Waals surface area contributed by atoms with E-state index in [2.05, 4.69) is 22.8 Å². The van der Waals surface area contributed by atoms with Crippen molar-refractivity contribution in [3.8, 4) is 0 Å². The van der Waals surface area contributed by atoms with Crippen LogP contribution in [0.4, 0.5) is 0 Å². The van der Waals surface area contributed by atoms with E-state index in [-0.39, 0.29) is 0 Å². The van der Waals surface area contributed by atoms with Gasteiger partial charge in [-0.05, 0) is 14.1 Å². The van der Waals surface area contributed by atoms with Crippen LogP contribution in [0.2, 0.25) is 0 Å². The van der Waals surface area contributed by atoms with Crippen molar-refractivity contribution >= 4 is 26.3 Å². The zero-order valence-electron chi connectivity index (χ0n) is 3.77. The Labute approximate surface area is 49.9 Å². The lowest BCUT2D eigenvalue weighted by Crippen LogP contribution is -2.29. The van der Waals surface area contributed by atoms with Gasteiger partial charge in [-0.15, -0.1) is 0 Å². The maximum atomic E-state index is 4.69. The molecular weight excluding hydrogens is 127 g/mol. The van der Waals surface area contributed by atoms with E-state index in [0.717, 1.165) is 14.9 Å². The molecule has 0 bridgehead atoms. The van der Waals surface area contributed by atoms with Gasteiger partial charge in [0, 0.05) is 6.16 Å². The van der Waals surface area contributed by atoms with Crippen molar-refractivity contribution in [3.05, 3.63) is 0 Å². The molecule has 1 heterocycles. The van der Waals surface area contributed by atoms with Crippen LogP contribution in [-0.2, 0) is 0 Å². The van der Waals surface area contributed by atoms with Crippen LogP contribution in [0.15, 0.2) is 0 Å². The Morgan fingerprint density at radius 1 is 1.86 bits per heavy atom. The smallest absolute Gasteiger partial charge is 0.0547 e. The number of hydrogen-bond acceptors (Lipinski definition) is 3. The fraction of sp³-hybridized carbons (Fsp3) is 0.667. The summed E-state index contributed by atoms with van der Waals surface area (Å²) in [5, 5.41) is 4.76. The highest BCUT2D eigenvalue weighted by atomic mass is 32.1. The number of thiocarbonyl (C=S) groups is 1. The SMILES string of the molecule is S=CC1CPNN1. The van der Waals surface area contributed by atoms with Gasteiger partial charge in [-0.2, -0.15) is 0 Å². The molecule has 0 aliphatic carbocycles. The van der Waals surface area contributed by atoms with E-state index in [4.69, 9.17) is 0 Å². The summed E-state index contributed by atoms with van der Waals surface area (Å²) in [6.45, 7) is 0. The lowest BCUT2D eigenvalue weighted by molar-refractivity contribution is 0.705. The van der Waals surface area contributed by atoms with E-state index < -0.39 is 0 Å². The van der Waals surface area contributed by atoms with Crippen molar-refractivity contribution in [3.63, 3.8) is 0 Å². The van der Waals surface area contributed by atoms with Crippen LogP contribution in [-0.4, -0.2) is 17.6 Å². The average Bonchev–Trinajstić information content (AvgIpc) is 2.14. The van der Waals surface area contributed by atoms with E-state index in [1.54, 1.807) is 5.37 Å². The van der Waals surface area contributed by atoms with Crippen molar-refractivity contribution in [1.82, 2.24) is 10.6 Å². The number of hydrogen-bond donors (Lipinski definition) is 2. The first-order valence-electron chi connectivity index (χ1n) is 2.12. The zero-order chi connectivity index (χ0) is 5.11. The minimum Gasteiger partial charge on any atom is -0.246 e. The number of rotatable bonds is 1. The fourth-order valence-corrected chi connectivity index (χ4v) is 1.60. The Balaban J connectivity index is 2.26. The Hall–Kier alpha value is 0.440. The largest absolute Gasteiger partial charge is 0.246 e. The molecule has 7 heavy (non-hydrogen) atoms. The molecule has 0 saturated carbocycles. The Kier molecular flexibility index (Phi) is 2.13. The molecule has 0 aromatic heterocycles. The van der Waals surface area contributed by atoms with Gasteiger partial charge in [-0.1, -0.05) is 12.2 Å². The highest BCUT2D eigenvalue weighted by Gasteiger charge is 2.08. The molecule has 2 N–H and O–H groups in total. The molecule has 2 nitrogen and oxygen atoms in total. The highest BCUT2D eigenvalue weighted by Crippen LogP contribution is 2.08. The first kappa shape index (κ1) is 5.57. The quantitative estimate of drug-likeness (QED) is 0.391. The molecule has 0 radical (unpaired) electrons. The van der Waals surface area contributed by atoms with Crippen LogP contribution in [0, 0.1) is 0 Å². The van der Waals surface area contributed by atoms with Crippen LogP contribution in [0.3, 0.4) is 0 Å². The van der Waals surface area contributed by atoms with Gasteiger partial charge >= 0.3 is 0 Å². The predicted molar refractivity (Wildman–Crippen MR) is 36.9 cm³/mol. The summed E-state index contributed by atoms with van der Waals surface area (Å²) in [7, 11) is 0.837. The summed E-state index contributed by atoms with van der Waals surface area (Å²) >= 11 is 4.69. The minimum absolute atomic E-state index is 0.438. The molecule has 1 rings (SSSR count). The molecule has 4 heteroatoms. The third kappa shape index (κ3) is 1.42. The average molecular weight is 134 g/mol. The van der Waals surface area contributed by atoms with Gasteiger partial charge in [0.2, 0.25) is 0 Å². The van der Waals surface area contributed by atoms with Gasteiger partial charge in [0.1, 0.15) is 0 Å². The van der Waals surface area contributed by atoms with Gasteiger partial charge in [-0.3, -0.25) is 0 Å². The lowest BCUT2D eigenvalue weighted by Gasteiger charge is -1.95. The van der Waals surface area contributed by atoms with Gasteiger partial charge in [0.15, 0.2) is 0 Å². The summed E-state index contributed by atoms with van der Waals surface area (Å²) in [4.78, 5) is 0. The first-order valence-corrected chi connectivity index (χ1v) is 3.80. The van der Waals surface area contributed by atoms with E-state index in [0.29, 0.717) is 6.04 Å². The van der Waals surface area contributed by atoms with Crippen molar-refractivity contribution in [2.45, 2.75) is 6.04 Å². The monoisotopic (exact) mass is 134 g/mol. The molecule has 0 spiro atoms. The van der Waals surface area contributed by atoms with E-state index in [9.17, 15) is 0 Å². The molecular formula is C3H7N2PS. The Morgan fingerprint density at radius 3 is 3.00 bits per heavy atom. The summed E-state index contributed by atoms with van der Waals surface area (Å²) in [5.41, 5.74) is 3.01. The normalized spacial score (nSPS) is 34.0. The maximum Gasteiger partial charge on any atom is 0.0547 e. The van der Waals surface area contributed by atoms with Crippen molar-refractivity contribution < 1.29 is 0 Å². The van der Waals surface area contributed by atoms with Crippen LogP contribution < -0.4 is 10.6 Å². The second-order valence-electron chi connectivity index (χ2n) is 1.39. The zero-order valence-corrected chi connectivity index (χ0v) is 5.59. The molecule has 0 aromatic carbocycles. The second-order valence-corrected chi connectivity index (χ2v) is 2.68. The number of hydrazine groups is 1. The standard InChI is InChI=1S/C3H7N2PS/c7-2-3-1-6-5-4-3/h2-6H,1H2. The molecule has 1 saturated heterocycles. The first-order chi connectivity index (χ1) is 3.43. The predicted octanol–water partition coefficient (Wildman–Crippen LogP) is 0.0560. The third-order valence-corrected chi connectivity index (χ3v) is 2.13. The summed E-state index contributed by atoms with van der Waals surface area (Å²) < 4.78 is 0. The fourth-order valence-electron chi connectivity index (χ4n) is 0.438. The highest BCUT2D eigenvalue weighted by molar-refractivity contribution is 7.79. The van der Waals surface area contributed by atoms with Crippen LogP contribution >= 0.6 is 20.9 Å². The molecule has 0 amide bonds. The number of nitrogens with one attached hydrogen (secondary N) is 2. The second kappa shape index (κ2) is 2.68. The summed E-state index contributed by atoms with van der Waals surface area (Å²) in [5.74, 6) is 0. The topological polar surface area (TPSA) is 24.1 Å². The van der Waals surface area contributed by atoms with Gasteiger partial charge in [-0.25, -0.2) is 10.6 Å². The minimum atomic E-state index is 0.438. The lowest BCUT2D eigenvalue weighted by atomic mass is 10.4. The van der Waals surface area contributed by atoms with E-state index >= 15 is 0 Å². The Morgan fingerprint density at radius 2 is 2.71 bits per heavy atom. The molecule has 2 atom stereocenters. The van der Waals surface area contributed by atoms with Crippen LogP contribution in [0.25, 0.3) is 0 Å². The van der Waals surface area contributed by atoms with Crippen LogP contribution in [0.5, 0.6) is 0 Å². The van der Waals surface area contributed by atoms with Gasteiger partial charge in [0.05, 0.1) is 6.04 Å². The van der Waals surface area contributed by atoms with Gasteiger partial charge in [0.25, 0.3) is 0 Å². The van der Waals surface area contributed by atoms with E-state index in [1.807, 2.05) is 0 Å². The molecule has 0 aromatic rings. The van der Waals surface area contributed by atoms with Crippen molar-refractivity contribution in [2.75, 3.05) is 6.16 Å². The molecule has 1 aliphatic rings. The molecule has 2 unspecified atom stereocenters. The summed E-state index contributed by atoms with van der Waals surface area (Å²) in [6, 6.07) is 0.438. The van der Waals surface area contributed by atoms with E-state index in [1.165, 1.54) is 0 Å². The maximum absolute atomic E-state index is 4.69. The molecule has 1 fully saturated rings. The van der Waals surface area contributed by atoms with Crippen molar-refractivity contribution in [1.29, 1.82) is 0 Å². The molecule has 40 valence electrons. The molecule has 1 aliphatic heterocycles. The van der Waals surface area contributed by atoms with Gasteiger partial charge < -0.3 is 0 Å². The van der Waals surface area contributed by atoms with Crippen LogP contribution in [0.1, 0.15) is 0 Å².